The maximum absolute atomic E-state index is 3.63. The number of likely N-dealkylation sites (tertiary alicyclic amines) is 1. The predicted octanol–water partition coefficient (Wildman–Crippen LogP) is 2.78. The van der Waals surface area contributed by atoms with Crippen LogP contribution in [0.25, 0.3) is 0 Å². The monoisotopic (exact) mass is 224 g/mol. The van der Waals surface area contributed by atoms with E-state index in [4.69, 9.17) is 0 Å². The van der Waals surface area contributed by atoms with Crippen molar-refractivity contribution in [2.24, 2.45) is 0 Å². The van der Waals surface area contributed by atoms with Gasteiger partial charge in [0.25, 0.3) is 0 Å². The van der Waals surface area contributed by atoms with E-state index in [0.717, 1.165) is 24.2 Å². The van der Waals surface area contributed by atoms with Crippen molar-refractivity contribution in [3.8, 4) is 0 Å². The fourth-order valence-corrected chi connectivity index (χ4v) is 3.23. The van der Waals surface area contributed by atoms with Crippen molar-refractivity contribution in [1.29, 1.82) is 0 Å². The summed E-state index contributed by atoms with van der Waals surface area (Å²) in [6.45, 7) is 8.37. The molecular weight excluding hydrogens is 196 g/mol. The van der Waals surface area contributed by atoms with E-state index in [0.29, 0.717) is 0 Å². The Morgan fingerprint density at radius 3 is 2.62 bits per heavy atom. The standard InChI is InChI=1S/C14H28N2/c1-4-14-8-5-11(2)16(14)12(3)9-10-15-13-6-7-13/h11-15H,4-10H2,1-3H3. The van der Waals surface area contributed by atoms with Crippen molar-refractivity contribution < 1.29 is 0 Å². The minimum atomic E-state index is 0.758. The Hall–Kier alpha value is -0.0800. The van der Waals surface area contributed by atoms with Crippen molar-refractivity contribution in [3.05, 3.63) is 0 Å². The molecular formula is C14H28N2. The van der Waals surface area contributed by atoms with Crippen molar-refractivity contribution in [2.45, 2.75) is 83.5 Å². The second kappa shape index (κ2) is 5.50. The third kappa shape index (κ3) is 2.98. The van der Waals surface area contributed by atoms with Gasteiger partial charge in [-0.15, -0.1) is 0 Å². The Bertz CT molecular complexity index is 213. The van der Waals surface area contributed by atoms with Crippen LogP contribution in [0.3, 0.4) is 0 Å². The molecule has 1 aliphatic carbocycles. The third-order valence-electron chi connectivity index (χ3n) is 4.40. The smallest absolute Gasteiger partial charge is 0.00988 e. The summed E-state index contributed by atoms with van der Waals surface area (Å²) in [6, 6.07) is 3.28. The fourth-order valence-electron chi connectivity index (χ4n) is 3.23. The van der Waals surface area contributed by atoms with Gasteiger partial charge in [-0.05, 0) is 58.9 Å². The van der Waals surface area contributed by atoms with Gasteiger partial charge in [0.1, 0.15) is 0 Å². The fraction of sp³-hybridized carbons (Fsp3) is 1.00. The minimum Gasteiger partial charge on any atom is -0.314 e. The summed E-state index contributed by atoms with van der Waals surface area (Å²) in [5.41, 5.74) is 0. The summed E-state index contributed by atoms with van der Waals surface area (Å²) in [5.74, 6) is 0. The zero-order chi connectivity index (χ0) is 11.5. The molecule has 1 saturated heterocycles. The largest absolute Gasteiger partial charge is 0.314 e. The number of nitrogens with one attached hydrogen (secondary N) is 1. The lowest BCUT2D eigenvalue weighted by Gasteiger charge is -2.34. The number of hydrogen-bond acceptors (Lipinski definition) is 2. The summed E-state index contributed by atoms with van der Waals surface area (Å²) < 4.78 is 0. The first-order valence-corrected chi connectivity index (χ1v) is 7.23. The van der Waals surface area contributed by atoms with Gasteiger partial charge in [0.05, 0.1) is 0 Å². The molecule has 2 fully saturated rings. The van der Waals surface area contributed by atoms with E-state index in [9.17, 15) is 0 Å². The van der Waals surface area contributed by atoms with Crippen molar-refractivity contribution in [2.75, 3.05) is 6.54 Å². The third-order valence-corrected chi connectivity index (χ3v) is 4.40. The van der Waals surface area contributed by atoms with Gasteiger partial charge in [0.15, 0.2) is 0 Å². The van der Waals surface area contributed by atoms with Crippen LogP contribution in [0.2, 0.25) is 0 Å². The van der Waals surface area contributed by atoms with Crippen LogP contribution in [0.4, 0.5) is 0 Å². The van der Waals surface area contributed by atoms with Gasteiger partial charge in [-0.1, -0.05) is 6.92 Å². The average molecular weight is 224 g/mol. The van der Waals surface area contributed by atoms with Crippen LogP contribution in [-0.4, -0.2) is 35.6 Å². The van der Waals surface area contributed by atoms with Crippen molar-refractivity contribution >= 4 is 0 Å². The molecule has 2 rings (SSSR count). The topological polar surface area (TPSA) is 15.3 Å². The van der Waals surface area contributed by atoms with Crippen LogP contribution >= 0.6 is 0 Å². The highest BCUT2D eigenvalue weighted by Gasteiger charge is 2.32. The Morgan fingerprint density at radius 1 is 1.25 bits per heavy atom. The lowest BCUT2D eigenvalue weighted by atomic mass is 10.1. The van der Waals surface area contributed by atoms with Gasteiger partial charge in [0.2, 0.25) is 0 Å². The molecule has 16 heavy (non-hydrogen) atoms. The van der Waals surface area contributed by atoms with Crippen molar-refractivity contribution in [1.82, 2.24) is 10.2 Å². The van der Waals surface area contributed by atoms with Gasteiger partial charge in [-0.25, -0.2) is 0 Å². The Kier molecular flexibility index (Phi) is 4.26. The van der Waals surface area contributed by atoms with E-state index in [2.05, 4.69) is 31.0 Å². The molecule has 0 aromatic carbocycles. The van der Waals surface area contributed by atoms with Gasteiger partial charge < -0.3 is 5.32 Å². The lowest BCUT2D eigenvalue weighted by Crippen LogP contribution is -2.42. The molecule has 2 nitrogen and oxygen atoms in total. The second-order valence-electron chi connectivity index (χ2n) is 5.80. The molecule has 0 aromatic heterocycles. The number of nitrogens with zero attached hydrogens (tertiary/aromatic N) is 1. The first-order chi connectivity index (χ1) is 7.72. The average Bonchev–Trinajstić information content (AvgIpc) is 3.00. The summed E-state index contributed by atoms with van der Waals surface area (Å²) in [7, 11) is 0. The van der Waals surface area contributed by atoms with Crippen LogP contribution in [0.1, 0.15) is 59.3 Å². The number of rotatable bonds is 6. The molecule has 3 atom stereocenters. The molecule has 1 N–H and O–H groups in total. The maximum atomic E-state index is 3.63. The molecule has 0 aromatic rings. The highest BCUT2D eigenvalue weighted by molar-refractivity contribution is 4.88. The van der Waals surface area contributed by atoms with E-state index in [-0.39, 0.29) is 0 Å². The first kappa shape index (κ1) is 12.4. The molecule has 0 bridgehead atoms. The molecule has 2 heteroatoms. The first-order valence-electron chi connectivity index (χ1n) is 7.23. The van der Waals surface area contributed by atoms with Crippen LogP contribution in [0.15, 0.2) is 0 Å². The zero-order valence-electron chi connectivity index (χ0n) is 11.2. The molecule has 1 heterocycles. The Balaban J connectivity index is 1.74. The Labute approximate surface area is 101 Å². The van der Waals surface area contributed by atoms with Gasteiger partial charge in [-0.2, -0.15) is 0 Å². The van der Waals surface area contributed by atoms with Gasteiger partial charge >= 0.3 is 0 Å². The summed E-state index contributed by atoms with van der Waals surface area (Å²) in [5, 5.41) is 3.63. The second-order valence-corrected chi connectivity index (χ2v) is 5.80. The predicted molar refractivity (Wildman–Crippen MR) is 69.7 cm³/mol. The van der Waals surface area contributed by atoms with Crippen LogP contribution < -0.4 is 5.32 Å². The minimum absolute atomic E-state index is 0.758. The van der Waals surface area contributed by atoms with E-state index < -0.39 is 0 Å². The van der Waals surface area contributed by atoms with E-state index in [1.165, 1.54) is 45.1 Å². The normalized spacial score (nSPS) is 33.2. The number of hydrogen-bond donors (Lipinski definition) is 1. The highest BCUT2D eigenvalue weighted by Crippen LogP contribution is 2.29. The molecule has 1 aliphatic heterocycles. The highest BCUT2D eigenvalue weighted by atomic mass is 15.2. The van der Waals surface area contributed by atoms with Crippen LogP contribution in [-0.2, 0) is 0 Å². The molecule has 94 valence electrons. The van der Waals surface area contributed by atoms with Crippen LogP contribution in [0.5, 0.6) is 0 Å². The maximum Gasteiger partial charge on any atom is 0.00988 e. The quantitative estimate of drug-likeness (QED) is 0.746. The van der Waals surface area contributed by atoms with E-state index >= 15 is 0 Å². The zero-order valence-corrected chi connectivity index (χ0v) is 11.2. The lowest BCUT2D eigenvalue weighted by molar-refractivity contribution is 0.136. The summed E-state index contributed by atoms with van der Waals surface area (Å²) in [6.07, 6.45) is 8.28. The molecule has 2 aliphatic rings. The van der Waals surface area contributed by atoms with E-state index in [1.54, 1.807) is 0 Å². The van der Waals surface area contributed by atoms with Gasteiger partial charge in [-0.3, -0.25) is 4.90 Å². The summed E-state index contributed by atoms with van der Waals surface area (Å²) >= 11 is 0. The molecule has 0 spiro atoms. The summed E-state index contributed by atoms with van der Waals surface area (Å²) in [4.78, 5) is 2.77. The van der Waals surface area contributed by atoms with Crippen LogP contribution in [0, 0.1) is 0 Å². The molecule has 3 unspecified atom stereocenters. The molecule has 1 saturated carbocycles. The van der Waals surface area contributed by atoms with Gasteiger partial charge in [0, 0.05) is 24.2 Å². The van der Waals surface area contributed by atoms with E-state index in [1.807, 2.05) is 0 Å². The Morgan fingerprint density at radius 2 is 2.00 bits per heavy atom. The SMILES string of the molecule is CCC1CCC(C)N1C(C)CCNC1CC1. The molecule has 0 radical (unpaired) electrons. The van der Waals surface area contributed by atoms with Crippen molar-refractivity contribution in [3.63, 3.8) is 0 Å². The molecule has 0 amide bonds.